The van der Waals surface area contributed by atoms with Crippen molar-refractivity contribution in [2.45, 2.75) is 0 Å². The van der Waals surface area contributed by atoms with E-state index in [1.54, 1.807) is 0 Å². The lowest BCUT2D eigenvalue weighted by Crippen LogP contribution is -2.46. The van der Waals surface area contributed by atoms with Crippen LogP contribution < -0.4 is 9.80 Å². The minimum atomic E-state index is 0.793. The number of piperazine rings is 1. The van der Waals surface area contributed by atoms with Gasteiger partial charge < -0.3 is 9.80 Å². The monoisotopic (exact) mass is 351 g/mol. The van der Waals surface area contributed by atoms with E-state index in [0.717, 1.165) is 35.7 Å². The van der Waals surface area contributed by atoms with Crippen LogP contribution in [0, 0.1) is 0 Å². The molecule has 1 fully saturated rings. The van der Waals surface area contributed by atoms with Gasteiger partial charge in [-0.05, 0) is 40.2 Å². The lowest BCUT2D eigenvalue weighted by Gasteiger charge is -2.37. The molecular weight excluding hydrogens is 338 g/mol. The van der Waals surface area contributed by atoms with Gasteiger partial charge in [0.1, 0.15) is 0 Å². The van der Waals surface area contributed by atoms with Gasteiger partial charge in [0.05, 0.1) is 11.9 Å². The Labute approximate surface area is 132 Å². The first-order chi connectivity index (χ1) is 9.72. The van der Waals surface area contributed by atoms with Crippen LogP contribution in [0.25, 0.3) is 0 Å². The number of hydrogen-bond donors (Lipinski definition) is 0. The van der Waals surface area contributed by atoms with Gasteiger partial charge in [0.15, 0.2) is 0 Å². The van der Waals surface area contributed by atoms with E-state index in [4.69, 9.17) is 11.6 Å². The fourth-order valence-electron chi connectivity index (χ4n) is 2.47. The second-order valence-corrected chi connectivity index (χ2v) is 6.17. The lowest BCUT2D eigenvalue weighted by atomic mass is 10.2. The SMILES string of the molecule is Clc1cccc(N2CCN(c3cncc(Br)c3)CC2)c1. The molecule has 0 amide bonds. The van der Waals surface area contributed by atoms with Gasteiger partial charge in [0, 0.05) is 47.6 Å². The number of aromatic nitrogens is 1. The van der Waals surface area contributed by atoms with Crippen molar-refractivity contribution in [1.82, 2.24) is 4.98 Å². The van der Waals surface area contributed by atoms with Crippen LogP contribution in [0.5, 0.6) is 0 Å². The fraction of sp³-hybridized carbons (Fsp3) is 0.267. The Bertz CT molecular complexity index is 544. The lowest BCUT2D eigenvalue weighted by molar-refractivity contribution is 0.652. The maximum atomic E-state index is 6.06. The summed E-state index contributed by atoms with van der Waals surface area (Å²) in [6.07, 6.45) is 3.73. The zero-order valence-corrected chi connectivity index (χ0v) is 13.3. The summed E-state index contributed by atoms with van der Waals surface area (Å²) < 4.78 is 1.02. The van der Waals surface area contributed by atoms with Gasteiger partial charge in [-0.15, -0.1) is 0 Å². The number of halogens is 2. The van der Waals surface area contributed by atoms with Gasteiger partial charge >= 0.3 is 0 Å². The standard InChI is InChI=1S/C15H15BrClN3/c16-12-8-15(11-18-10-12)20-6-4-19(5-7-20)14-3-1-2-13(17)9-14/h1-3,8-11H,4-7H2. The van der Waals surface area contributed by atoms with Gasteiger partial charge in [0.25, 0.3) is 0 Å². The van der Waals surface area contributed by atoms with E-state index in [9.17, 15) is 0 Å². The Morgan fingerprint density at radius 2 is 1.65 bits per heavy atom. The van der Waals surface area contributed by atoms with Gasteiger partial charge in [-0.3, -0.25) is 4.98 Å². The van der Waals surface area contributed by atoms with Crippen LogP contribution in [0.4, 0.5) is 11.4 Å². The number of nitrogens with zero attached hydrogens (tertiary/aromatic N) is 3. The fourth-order valence-corrected chi connectivity index (χ4v) is 3.01. The molecule has 1 aliphatic heterocycles. The second kappa shape index (κ2) is 6.02. The van der Waals surface area contributed by atoms with Crippen molar-refractivity contribution >= 4 is 38.9 Å². The van der Waals surface area contributed by atoms with Crippen molar-refractivity contribution < 1.29 is 0 Å². The predicted molar refractivity (Wildman–Crippen MR) is 87.8 cm³/mol. The van der Waals surface area contributed by atoms with Crippen LogP contribution in [0.1, 0.15) is 0 Å². The molecule has 0 N–H and O–H groups in total. The van der Waals surface area contributed by atoms with E-state index in [0.29, 0.717) is 0 Å². The van der Waals surface area contributed by atoms with Gasteiger partial charge in [0.2, 0.25) is 0 Å². The maximum absolute atomic E-state index is 6.06. The first-order valence-electron chi connectivity index (χ1n) is 6.58. The summed E-state index contributed by atoms with van der Waals surface area (Å²) in [7, 11) is 0. The predicted octanol–water partition coefficient (Wildman–Crippen LogP) is 3.82. The zero-order valence-electron chi connectivity index (χ0n) is 11.0. The van der Waals surface area contributed by atoms with E-state index >= 15 is 0 Å². The molecule has 0 bridgehead atoms. The molecule has 1 aromatic heterocycles. The molecule has 0 atom stereocenters. The highest BCUT2D eigenvalue weighted by Gasteiger charge is 2.18. The number of hydrogen-bond acceptors (Lipinski definition) is 3. The highest BCUT2D eigenvalue weighted by molar-refractivity contribution is 9.10. The molecule has 20 heavy (non-hydrogen) atoms. The molecule has 2 heterocycles. The van der Waals surface area contributed by atoms with E-state index in [2.05, 4.69) is 42.8 Å². The third-order valence-corrected chi connectivity index (χ3v) is 4.18. The van der Waals surface area contributed by atoms with Gasteiger partial charge in [-0.1, -0.05) is 17.7 Å². The van der Waals surface area contributed by atoms with Crippen LogP contribution in [0.3, 0.4) is 0 Å². The summed E-state index contributed by atoms with van der Waals surface area (Å²) in [6.45, 7) is 3.97. The molecule has 3 nitrogen and oxygen atoms in total. The summed E-state index contributed by atoms with van der Waals surface area (Å²) in [5.41, 5.74) is 2.37. The normalized spacial score (nSPS) is 15.5. The van der Waals surface area contributed by atoms with E-state index < -0.39 is 0 Å². The van der Waals surface area contributed by atoms with E-state index in [1.165, 1.54) is 11.4 Å². The third-order valence-electron chi connectivity index (χ3n) is 3.51. The van der Waals surface area contributed by atoms with Crippen LogP contribution in [0.15, 0.2) is 47.2 Å². The Morgan fingerprint density at radius 3 is 2.30 bits per heavy atom. The summed E-state index contributed by atoms with van der Waals surface area (Å²) in [5, 5.41) is 0.793. The molecule has 0 spiro atoms. The first-order valence-corrected chi connectivity index (χ1v) is 7.75. The van der Waals surface area contributed by atoms with Gasteiger partial charge in [-0.2, -0.15) is 0 Å². The number of anilines is 2. The molecular formula is C15H15BrClN3. The Hall–Kier alpha value is -1.26. The van der Waals surface area contributed by atoms with Crippen molar-refractivity contribution in [2.24, 2.45) is 0 Å². The molecule has 1 saturated heterocycles. The minimum Gasteiger partial charge on any atom is -0.368 e. The first kappa shape index (κ1) is 13.7. The summed E-state index contributed by atoms with van der Waals surface area (Å²) >= 11 is 9.53. The maximum Gasteiger partial charge on any atom is 0.0565 e. The number of benzene rings is 1. The molecule has 0 saturated carbocycles. The number of pyridine rings is 1. The Morgan fingerprint density at radius 1 is 0.950 bits per heavy atom. The molecule has 5 heteroatoms. The molecule has 1 aliphatic rings. The molecule has 0 radical (unpaired) electrons. The average molecular weight is 353 g/mol. The largest absolute Gasteiger partial charge is 0.368 e. The van der Waals surface area contributed by atoms with Crippen LogP contribution >= 0.6 is 27.5 Å². The quantitative estimate of drug-likeness (QED) is 0.819. The van der Waals surface area contributed by atoms with Crippen LogP contribution in [-0.4, -0.2) is 31.2 Å². The molecule has 2 aromatic rings. The second-order valence-electron chi connectivity index (χ2n) is 4.82. The molecule has 0 aliphatic carbocycles. The third kappa shape index (κ3) is 3.07. The highest BCUT2D eigenvalue weighted by atomic mass is 79.9. The smallest absolute Gasteiger partial charge is 0.0565 e. The van der Waals surface area contributed by atoms with Crippen molar-refractivity contribution in [3.05, 3.63) is 52.2 Å². The van der Waals surface area contributed by atoms with E-state index in [-0.39, 0.29) is 0 Å². The van der Waals surface area contributed by atoms with Crippen LogP contribution in [-0.2, 0) is 0 Å². The van der Waals surface area contributed by atoms with Crippen molar-refractivity contribution in [3.63, 3.8) is 0 Å². The van der Waals surface area contributed by atoms with E-state index in [1.807, 2.05) is 30.6 Å². The number of rotatable bonds is 2. The molecule has 3 rings (SSSR count). The zero-order chi connectivity index (χ0) is 13.9. The summed E-state index contributed by atoms with van der Waals surface area (Å²) in [4.78, 5) is 8.96. The van der Waals surface area contributed by atoms with Crippen molar-refractivity contribution in [1.29, 1.82) is 0 Å². The van der Waals surface area contributed by atoms with Crippen molar-refractivity contribution in [2.75, 3.05) is 36.0 Å². The van der Waals surface area contributed by atoms with Crippen LogP contribution in [0.2, 0.25) is 5.02 Å². The summed E-state index contributed by atoms with van der Waals surface area (Å²) in [6, 6.07) is 10.2. The molecule has 0 unspecified atom stereocenters. The highest BCUT2D eigenvalue weighted by Crippen LogP contribution is 2.23. The molecule has 1 aromatic carbocycles. The Balaban J connectivity index is 1.68. The Kier molecular flexibility index (Phi) is 4.13. The minimum absolute atomic E-state index is 0.793. The molecule has 104 valence electrons. The van der Waals surface area contributed by atoms with Gasteiger partial charge in [-0.25, -0.2) is 0 Å². The van der Waals surface area contributed by atoms with Crippen molar-refractivity contribution in [3.8, 4) is 0 Å². The average Bonchev–Trinajstić information content (AvgIpc) is 2.47. The topological polar surface area (TPSA) is 19.4 Å². The summed E-state index contributed by atoms with van der Waals surface area (Å²) in [5.74, 6) is 0.